The molecule has 1 aromatic rings. The van der Waals surface area contributed by atoms with Gasteiger partial charge in [0.2, 0.25) is 0 Å². The van der Waals surface area contributed by atoms with Crippen molar-refractivity contribution in [3.8, 4) is 5.75 Å². The lowest BCUT2D eigenvalue weighted by Gasteiger charge is -2.39. The summed E-state index contributed by atoms with van der Waals surface area (Å²) in [7, 11) is 1.79. The largest absolute Gasteiger partial charge is 0.496 e. The Morgan fingerprint density at radius 1 is 1.15 bits per heavy atom. The minimum atomic E-state index is 0.538. The average Bonchev–Trinajstić information content (AvgIpc) is 3.03. The van der Waals surface area contributed by atoms with Crippen molar-refractivity contribution in [1.82, 2.24) is 10.2 Å². The molecule has 1 saturated carbocycles. The Hall–Kier alpha value is -1.06. The van der Waals surface area contributed by atoms with Gasteiger partial charge in [0.1, 0.15) is 5.75 Å². The van der Waals surface area contributed by atoms with E-state index in [9.17, 15) is 0 Å². The Labute approximate surface area is 122 Å². The predicted molar refractivity (Wildman–Crippen MR) is 82.1 cm³/mol. The Kier molecular flexibility index (Phi) is 4.58. The van der Waals surface area contributed by atoms with Gasteiger partial charge < -0.3 is 10.1 Å². The van der Waals surface area contributed by atoms with Gasteiger partial charge in [-0.15, -0.1) is 0 Å². The first kappa shape index (κ1) is 13.9. The highest BCUT2D eigenvalue weighted by Gasteiger charge is 2.33. The maximum atomic E-state index is 5.63. The molecule has 0 bridgehead atoms. The summed E-state index contributed by atoms with van der Waals surface area (Å²) >= 11 is 0. The van der Waals surface area contributed by atoms with Gasteiger partial charge >= 0.3 is 0 Å². The Bertz CT molecular complexity index is 423. The van der Waals surface area contributed by atoms with E-state index in [4.69, 9.17) is 4.74 Å². The molecule has 1 heterocycles. The Morgan fingerprint density at radius 2 is 1.85 bits per heavy atom. The normalized spacial score (nSPS) is 22.9. The first-order valence-electron chi connectivity index (χ1n) is 7.98. The van der Waals surface area contributed by atoms with Gasteiger partial charge in [-0.3, -0.25) is 4.90 Å². The molecule has 20 heavy (non-hydrogen) atoms. The summed E-state index contributed by atoms with van der Waals surface area (Å²) in [5.41, 5.74) is 1.39. The standard InChI is InChI=1S/C17H26N2O/c1-20-16-9-5-4-8-15(16)17(14-6-2-3-7-14)19-12-10-18-11-13-19/h4-5,8-9,14,17-18H,2-3,6-7,10-13H2,1H3/t17-/m1/s1. The third-order valence-corrected chi connectivity index (χ3v) is 4.85. The van der Waals surface area contributed by atoms with Crippen molar-refractivity contribution in [3.63, 3.8) is 0 Å². The van der Waals surface area contributed by atoms with Crippen LogP contribution in [0.4, 0.5) is 0 Å². The van der Waals surface area contributed by atoms with Crippen molar-refractivity contribution in [2.45, 2.75) is 31.7 Å². The van der Waals surface area contributed by atoms with Crippen molar-refractivity contribution >= 4 is 0 Å². The number of piperazine rings is 1. The Morgan fingerprint density at radius 3 is 2.55 bits per heavy atom. The van der Waals surface area contributed by atoms with Crippen LogP contribution in [0.15, 0.2) is 24.3 Å². The number of benzene rings is 1. The van der Waals surface area contributed by atoms with E-state index in [1.165, 1.54) is 31.2 Å². The van der Waals surface area contributed by atoms with Gasteiger partial charge in [-0.25, -0.2) is 0 Å². The predicted octanol–water partition coefficient (Wildman–Crippen LogP) is 2.83. The number of nitrogens with one attached hydrogen (secondary N) is 1. The highest BCUT2D eigenvalue weighted by molar-refractivity contribution is 5.36. The van der Waals surface area contributed by atoms with Gasteiger partial charge in [-0.2, -0.15) is 0 Å². The monoisotopic (exact) mass is 274 g/mol. The van der Waals surface area contributed by atoms with Crippen LogP contribution < -0.4 is 10.1 Å². The fraction of sp³-hybridized carbons (Fsp3) is 0.647. The molecule has 1 aliphatic carbocycles. The molecule has 1 atom stereocenters. The lowest BCUT2D eigenvalue weighted by Crippen LogP contribution is -2.46. The molecule has 0 aromatic heterocycles. The van der Waals surface area contributed by atoms with Crippen LogP contribution in [0, 0.1) is 5.92 Å². The minimum absolute atomic E-state index is 0.538. The molecule has 0 radical (unpaired) electrons. The first-order chi connectivity index (χ1) is 9.90. The number of hydrogen-bond donors (Lipinski definition) is 1. The van der Waals surface area contributed by atoms with Crippen LogP contribution >= 0.6 is 0 Å². The van der Waals surface area contributed by atoms with Crippen LogP contribution in [0.1, 0.15) is 37.3 Å². The van der Waals surface area contributed by atoms with Gasteiger partial charge in [-0.05, 0) is 24.8 Å². The zero-order valence-corrected chi connectivity index (χ0v) is 12.5. The quantitative estimate of drug-likeness (QED) is 0.913. The summed E-state index contributed by atoms with van der Waals surface area (Å²) in [5, 5.41) is 3.47. The summed E-state index contributed by atoms with van der Waals surface area (Å²) in [4.78, 5) is 2.67. The van der Waals surface area contributed by atoms with E-state index < -0.39 is 0 Å². The van der Waals surface area contributed by atoms with Gasteiger partial charge in [0.15, 0.2) is 0 Å². The molecule has 3 heteroatoms. The van der Waals surface area contributed by atoms with Gasteiger partial charge in [-0.1, -0.05) is 31.0 Å². The second-order valence-corrected chi connectivity index (χ2v) is 6.02. The van der Waals surface area contributed by atoms with Crippen molar-refractivity contribution in [1.29, 1.82) is 0 Å². The molecule has 3 rings (SSSR count). The molecule has 2 fully saturated rings. The number of rotatable bonds is 4. The number of ether oxygens (including phenoxy) is 1. The smallest absolute Gasteiger partial charge is 0.123 e. The second-order valence-electron chi connectivity index (χ2n) is 6.02. The molecule has 0 amide bonds. The molecule has 1 saturated heterocycles. The van der Waals surface area contributed by atoms with Crippen LogP contribution in [-0.4, -0.2) is 38.2 Å². The zero-order valence-electron chi connectivity index (χ0n) is 12.5. The zero-order chi connectivity index (χ0) is 13.8. The topological polar surface area (TPSA) is 24.5 Å². The summed E-state index contributed by atoms with van der Waals surface area (Å²) in [6.45, 7) is 4.52. The van der Waals surface area contributed by atoms with Gasteiger partial charge in [0, 0.05) is 37.8 Å². The number of hydrogen-bond acceptors (Lipinski definition) is 3. The van der Waals surface area contributed by atoms with Crippen LogP contribution in [0.25, 0.3) is 0 Å². The van der Waals surface area contributed by atoms with E-state index >= 15 is 0 Å². The maximum absolute atomic E-state index is 5.63. The van der Waals surface area contributed by atoms with Crippen LogP contribution in [0.3, 0.4) is 0 Å². The molecule has 1 aromatic carbocycles. The Balaban J connectivity index is 1.90. The molecule has 0 unspecified atom stereocenters. The summed E-state index contributed by atoms with van der Waals surface area (Å²) < 4.78 is 5.63. The van der Waals surface area contributed by atoms with E-state index in [0.29, 0.717) is 6.04 Å². The molecule has 110 valence electrons. The average molecular weight is 274 g/mol. The SMILES string of the molecule is COc1ccccc1[C@@H](C1CCCC1)N1CCNCC1. The van der Waals surface area contributed by atoms with E-state index in [1.807, 2.05) is 0 Å². The molecular formula is C17H26N2O. The molecule has 2 aliphatic rings. The molecule has 1 N–H and O–H groups in total. The van der Waals surface area contributed by atoms with Crippen molar-refractivity contribution in [3.05, 3.63) is 29.8 Å². The summed E-state index contributed by atoms with van der Waals surface area (Å²) in [6.07, 6.45) is 5.52. The van der Waals surface area contributed by atoms with E-state index in [1.54, 1.807) is 7.11 Å². The highest BCUT2D eigenvalue weighted by atomic mass is 16.5. The van der Waals surface area contributed by atoms with Crippen molar-refractivity contribution in [2.24, 2.45) is 5.92 Å². The summed E-state index contributed by atoms with van der Waals surface area (Å²) in [6, 6.07) is 9.15. The number of nitrogens with zero attached hydrogens (tertiary/aromatic N) is 1. The third-order valence-electron chi connectivity index (χ3n) is 4.85. The van der Waals surface area contributed by atoms with E-state index in [0.717, 1.165) is 37.8 Å². The fourth-order valence-corrected chi connectivity index (χ4v) is 3.89. The molecule has 3 nitrogen and oxygen atoms in total. The van der Waals surface area contributed by atoms with Gasteiger partial charge in [0.25, 0.3) is 0 Å². The van der Waals surface area contributed by atoms with Crippen molar-refractivity contribution < 1.29 is 4.74 Å². The van der Waals surface area contributed by atoms with Gasteiger partial charge in [0.05, 0.1) is 7.11 Å². The molecular weight excluding hydrogens is 248 g/mol. The lowest BCUT2D eigenvalue weighted by molar-refractivity contribution is 0.123. The number of para-hydroxylation sites is 1. The maximum Gasteiger partial charge on any atom is 0.123 e. The number of methoxy groups -OCH3 is 1. The third kappa shape index (κ3) is 2.84. The first-order valence-corrected chi connectivity index (χ1v) is 7.98. The fourth-order valence-electron chi connectivity index (χ4n) is 3.89. The summed E-state index contributed by atoms with van der Waals surface area (Å²) in [5.74, 6) is 1.85. The minimum Gasteiger partial charge on any atom is -0.496 e. The van der Waals surface area contributed by atoms with E-state index in [2.05, 4.69) is 34.5 Å². The highest BCUT2D eigenvalue weighted by Crippen LogP contribution is 2.42. The van der Waals surface area contributed by atoms with Crippen LogP contribution in [0.5, 0.6) is 5.75 Å². The molecule has 1 aliphatic heterocycles. The lowest BCUT2D eigenvalue weighted by atomic mass is 9.89. The van der Waals surface area contributed by atoms with E-state index in [-0.39, 0.29) is 0 Å². The van der Waals surface area contributed by atoms with Crippen LogP contribution in [0.2, 0.25) is 0 Å². The van der Waals surface area contributed by atoms with Crippen LogP contribution in [-0.2, 0) is 0 Å². The van der Waals surface area contributed by atoms with Crippen molar-refractivity contribution in [2.75, 3.05) is 33.3 Å². The molecule has 0 spiro atoms. The second kappa shape index (κ2) is 6.59.